The fraction of sp³-hybridized carbons (Fsp3) is 0.0769. The molecule has 1 aromatic carbocycles. The van der Waals surface area contributed by atoms with Gasteiger partial charge in [0.15, 0.2) is 5.13 Å². The summed E-state index contributed by atoms with van der Waals surface area (Å²) >= 11 is 1.42. The smallest absolute Gasteiger partial charge is 0.257 e. The van der Waals surface area contributed by atoms with E-state index in [1.165, 1.54) is 11.3 Å². The van der Waals surface area contributed by atoms with Crippen molar-refractivity contribution in [1.29, 1.82) is 0 Å². The molecule has 0 atom stereocenters. The molecule has 0 fully saturated rings. The highest BCUT2D eigenvalue weighted by atomic mass is 32.1. The monoisotopic (exact) mass is 258 g/mol. The lowest BCUT2D eigenvalue weighted by Gasteiger charge is -2.01. The lowest BCUT2D eigenvalue weighted by molar-refractivity contribution is 0.102. The van der Waals surface area contributed by atoms with Crippen LogP contribution in [0.15, 0.2) is 40.3 Å². The first-order chi connectivity index (χ1) is 8.72. The first-order valence-electron chi connectivity index (χ1n) is 5.43. The molecule has 18 heavy (non-hydrogen) atoms. The molecule has 0 bridgehead atoms. The van der Waals surface area contributed by atoms with E-state index in [1.54, 1.807) is 24.5 Å². The van der Waals surface area contributed by atoms with Gasteiger partial charge in [-0.05, 0) is 31.2 Å². The zero-order chi connectivity index (χ0) is 12.5. The van der Waals surface area contributed by atoms with Crippen molar-refractivity contribution in [3.63, 3.8) is 0 Å². The Kier molecular flexibility index (Phi) is 2.60. The van der Waals surface area contributed by atoms with E-state index in [-0.39, 0.29) is 5.91 Å². The van der Waals surface area contributed by atoms with Gasteiger partial charge in [0.05, 0.1) is 12.0 Å². The maximum absolute atomic E-state index is 12.0. The second kappa shape index (κ2) is 4.27. The summed E-state index contributed by atoms with van der Waals surface area (Å²) in [5.74, 6) is -0.160. The summed E-state index contributed by atoms with van der Waals surface area (Å²) < 4.78 is 5.23. The Bertz CT molecular complexity index is 714. The number of hydrogen-bond donors (Lipinski definition) is 1. The number of aromatic nitrogens is 1. The fourth-order valence-electron chi connectivity index (χ4n) is 1.69. The quantitative estimate of drug-likeness (QED) is 0.766. The number of hydrogen-bond acceptors (Lipinski definition) is 4. The summed E-state index contributed by atoms with van der Waals surface area (Å²) in [7, 11) is 0. The maximum Gasteiger partial charge on any atom is 0.257 e. The van der Waals surface area contributed by atoms with Gasteiger partial charge >= 0.3 is 0 Å². The van der Waals surface area contributed by atoms with Crippen LogP contribution in [0.3, 0.4) is 0 Å². The summed E-state index contributed by atoms with van der Waals surface area (Å²) in [4.78, 5) is 16.2. The number of nitrogens with one attached hydrogen (secondary N) is 1. The highest BCUT2D eigenvalue weighted by Crippen LogP contribution is 2.19. The molecule has 3 rings (SSSR count). The number of thiazole rings is 1. The summed E-state index contributed by atoms with van der Waals surface area (Å²) in [6.07, 6.45) is 1.61. The van der Waals surface area contributed by atoms with Crippen LogP contribution in [0, 0.1) is 6.92 Å². The second-order valence-electron chi connectivity index (χ2n) is 3.92. The number of anilines is 1. The van der Waals surface area contributed by atoms with E-state index in [0.29, 0.717) is 10.7 Å². The number of furan rings is 1. The van der Waals surface area contributed by atoms with Crippen molar-refractivity contribution >= 4 is 33.3 Å². The number of rotatable bonds is 2. The summed E-state index contributed by atoms with van der Waals surface area (Å²) in [6, 6.07) is 7.16. The van der Waals surface area contributed by atoms with Gasteiger partial charge in [0.2, 0.25) is 0 Å². The van der Waals surface area contributed by atoms with E-state index < -0.39 is 0 Å². The van der Waals surface area contributed by atoms with Crippen molar-refractivity contribution in [1.82, 2.24) is 4.98 Å². The molecule has 2 aromatic heterocycles. The molecule has 0 radical (unpaired) electrons. The molecule has 2 heterocycles. The zero-order valence-electron chi connectivity index (χ0n) is 9.64. The maximum atomic E-state index is 12.0. The molecule has 0 aliphatic heterocycles. The van der Waals surface area contributed by atoms with E-state index in [4.69, 9.17) is 4.42 Å². The lowest BCUT2D eigenvalue weighted by atomic mass is 10.1. The molecule has 1 N–H and O–H groups in total. The van der Waals surface area contributed by atoms with Crippen LogP contribution in [-0.2, 0) is 0 Å². The van der Waals surface area contributed by atoms with Crippen LogP contribution in [0.2, 0.25) is 0 Å². The van der Waals surface area contributed by atoms with E-state index in [9.17, 15) is 4.79 Å². The SMILES string of the molecule is Cc1csc(NC(=O)c2ccc3occc3c2)n1. The third kappa shape index (κ3) is 2.00. The van der Waals surface area contributed by atoms with E-state index >= 15 is 0 Å². The van der Waals surface area contributed by atoms with Crippen LogP contribution in [0.1, 0.15) is 16.1 Å². The van der Waals surface area contributed by atoms with Crippen LogP contribution < -0.4 is 5.32 Å². The Morgan fingerprint density at radius 2 is 2.28 bits per heavy atom. The fourth-order valence-corrected chi connectivity index (χ4v) is 2.37. The minimum atomic E-state index is -0.160. The second-order valence-corrected chi connectivity index (χ2v) is 4.78. The molecule has 3 aromatic rings. The van der Waals surface area contributed by atoms with Gasteiger partial charge in [-0.2, -0.15) is 0 Å². The number of aryl methyl sites for hydroxylation is 1. The van der Waals surface area contributed by atoms with Gasteiger partial charge in [0.1, 0.15) is 5.58 Å². The molecular formula is C13H10N2O2S. The minimum absolute atomic E-state index is 0.160. The van der Waals surface area contributed by atoms with Crippen molar-refractivity contribution in [2.45, 2.75) is 6.92 Å². The lowest BCUT2D eigenvalue weighted by Crippen LogP contribution is -2.11. The predicted octanol–water partition coefficient (Wildman–Crippen LogP) is 3.45. The molecule has 0 unspecified atom stereocenters. The van der Waals surface area contributed by atoms with Crippen molar-refractivity contribution in [3.8, 4) is 0 Å². The molecular weight excluding hydrogens is 248 g/mol. The normalized spacial score (nSPS) is 10.7. The topological polar surface area (TPSA) is 55.1 Å². The number of benzene rings is 1. The third-order valence-electron chi connectivity index (χ3n) is 2.55. The van der Waals surface area contributed by atoms with Crippen molar-refractivity contribution < 1.29 is 9.21 Å². The average molecular weight is 258 g/mol. The van der Waals surface area contributed by atoms with Crippen LogP contribution in [-0.4, -0.2) is 10.9 Å². The molecule has 4 nitrogen and oxygen atoms in total. The van der Waals surface area contributed by atoms with Crippen molar-refractivity contribution in [2.24, 2.45) is 0 Å². The van der Waals surface area contributed by atoms with Gasteiger partial charge in [-0.1, -0.05) is 0 Å². The largest absolute Gasteiger partial charge is 0.464 e. The number of amides is 1. The molecule has 0 aliphatic carbocycles. The first kappa shape index (κ1) is 11.0. The predicted molar refractivity (Wildman–Crippen MR) is 71.0 cm³/mol. The van der Waals surface area contributed by atoms with Gasteiger partial charge in [0.25, 0.3) is 5.91 Å². The standard InChI is InChI=1S/C13H10N2O2S/c1-8-7-18-13(14-8)15-12(16)10-2-3-11-9(6-10)4-5-17-11/h2-7H,1H3,(H,14,15,16). The minimum Gasteiger partial charge on any atom is -0.464 e. The van der Waals surface area contributed by atoms with Gasteiger partial charge in [-0.25, -0.2) is 4.98 Å². The summed E-state index contributed by atoms with van der Waals surface area (Å²) in [5, 5.41) is 6.20. The Morgan fingerprint density at radius 3 is 3.06 bits per heavy atom. The van der Waals surface area contributed by atoms with Crippen molar-refractivity contribution in [3.05, 3.63) is 47.2 Å². The number of nitrogens with zero attached hydrogens (tertiary/aromatic N) is 1. The van der Waals surface area contributed by atoms with Crippen LogP contribution >= 0.6 is 11.3 Å². The Morgan fingerprint density at radius 1 is 1.39 bits per heavy atom. The number of carbonyl (C=O) groups is 1. The summed E-state index contributed by atoms with van der Waals surface area (Å²) in [6.45, 7) is 1.89. The van der Waals surface area contributed by atoms with Gasteiger partial charge in [-0.3, -0.25) is 10.1 Å². The zero-order valence-corrected chi connectivity index (χ0v) is 10.5. The number of fused-ring (bicyclic) bond motifs is 1. The molecule has 0 saturated heterocycles. The molecule has 0 saturated carbocycles. The Balaban J connectivity index is 1.87. The first-order valence-corrected chi connectivity index (χ1v) is 6.31. The molecule has 1 amide bonds. The van der Waals surface area contributed by atoms with E-state index in [0.717, 1.165) is 16.7 Å². The molecule has 0 spiro atoms. The van der Waals surface area contributed by atoms with E-state index in [1.807, 2.05) is 18.4 Å². The molecule has 90 valence electrons. The third-order valence-corrected chi connectivity index (χ3v) is 3.43. The van der Waals surface area contributed by atoms with Crippen LogP contribution in [0.25, 0.3) is 11.0 Å². The highest BCUT2D eigenvalue weighted by Gasteiger charge is 2.09. The van der Waals surface area contributed by atoms with Gasteiger partial charge in [0, 0.05) is 16.3 Å². The molecule has 0 aliphatic rings. The van der Waals surface area contributed by atoms with E-state index in [2.05, 4.69) is 10.3 Å². The highest BCUT2D eigenvalue weighted by molar-refractivity contribution is 7.13. The van der Waals surface area contributed by atoms with Crippen LogP contribution in [0.5, 0.6) is 0 Å². The average Bonchev–Trinajstić information content (AvgIpc) is 2.96. The van der Waals surface area contributed by atoms with Gasteiger partial charge in [-0.15, -0.1) is 11.3 Å². The van der Waals surface area contributed by atoms with Crippen LogP contribution in [0.4, 0.5) is 5.13 Å². The van der Waals surface area contributed by atoms with Crippen molar-refractivity contribution in [2.75, 3.05) is 5.32 Å². The molecule has 5 heteroatoms. The summed E-state index contributed by atoms with van der Waals surface area (Å²) in [5.41, 5.74) is 2.27. The Labute approximate surface area is 107 Å². The Hall–Kier alpha value is -2.14. The van der Waals surface area contributed by atoms with Gasteiger partial charge < -0.3 is 4.42 Å². The number of carbonyl (C=O) groups excluding carboxylic acids is 1.